The minimum atomic E-state index is -0.360. The van der Waals surface area contributed by atoms with E-state index in [0.29, 0.717) is 29.7 Å². The van der Waals surface area contributed by atoms with E-state index in [2.05, 4.69) is 10.3 Å². The number of nitrogens with one attached hydrogen (secondary N) is 1. The fraction of sp³-hybridized carbons (Fsp3) is 0.357. The number of unbranched alkanes of at least 4 members (excludes halogenated alkanes) is 1. The largest absolute Gasteiger partial charge is 0.385 e. The van der Waals surface area contributed by atoms with Crippen molar-refractivity contribution in [2.75, 3.05) is 25.6 Å². The summed E-state index contributed by atoms with van der Waals surface area (Å²) < 4.78 is 4.97. The lowest BCUT2D eigenvalue weighted by atomic mass is 10.1. The van der Waals surface area contributed by atoms with E-state index in [1.54, 1.807) is 37.6 Å². The van der Waals surface area contributed by atoms with Crippen molar-refractivity contribution in [2.45, 2.75) is 12.8 Å². The molecule has 0 radical (unpaired) electrons. The fourth-order valence-corrected chi connectivity index (χ4v) is 2.07. The summed E-state index contributed by atoms with van der Waals surface area (Å²) in [5.41, 5.74) is 1.25. The van der Waals surface area contributed by atoms with E-state index in [1.807, 2.05) is 0 Å². The first-order chi connectivity index (χ1) is 9.74. The maximum absolute atomic E-state index is 11.3. The van der Waals surface area contributed by atoms with Crippen LogP contribution in [0, 0.1) is 10.1 Å². The van der Waals surface area contributed by atoms with E-state index in [9.17, 15) is 10.1 Å². The van der Waals surface area contributed by atoms with Gasteiger partial charge in [-0.15, -0.1) is 0 Å². The molecule has 2 rings (SSSR count). The summed E-state index contributed by atoms with van der Waals surface area (Å²) in [6.07, 6.45) is 3.45. The zero-order valence-corrected chi connectivity index (χ0v) is 11.3. The van der Waals surface area contributed by atoms with Gasteiger partial charge in [-0.05, 0) is 37.1 Å². The first-order valence-electron chi connectivity index (χ1n) is 6.49. The lowest BCUT2D eigenvalue weighted by molar-refractivity contribution is -0.382. The summed E-state index contributed by atoms with van der Waals surface area (Å²) in [7, 11) is 1.66. The first kappa shape index (κ1) is 14.2. The number of fused-ring (bicyclic) bond motifs is 1. The standard InChI is InChI=1S/C14H17N3O3/c1-20-10-3-2-8-16-13-7-6-12-11(5-4-9-15-12)14(13)17(18)19/h4-7,9,16H,2-3,8,10H2,1H3. The van der Waals surface area contributed by atoms with Crippen LogP contribution in [-0.2, 0) is 4.74 Å². The number of hydrogen-bond donors (Lipinski definition) is 1. The molecule has 0 aliphatic heterocycles. The molecule has 6 heteroatoms. The van der Waals surface area contributed by atoms with Gasteiger partial charge in [0.25, 0.3) is 0 Å². The molecule has 20 heavy (non-hydrogen) atoms. The SMILES string of the molecule is COCCCCNc1ccc2ncccc2c1[N+](=O)[O-]. The first-order valence-corrected chi connectivity index (χ1v) is 6.49. The molecule has 0 amide bonds. The van der Waals surface area contributed by atoms with Crippen molar-refractivity contribution in [3.8, 4) is 0 Å². The Kier molecular flexibility index (Phi) is 4.84. The third kappa shape index (κ3) is 3.21. The van der Waals surface area contributed by atoms with Gasteiger partial charge in [-0.25, -0.2) is 0 Å². The van der Waals surface area contributed by atoms with E-state index in [-0.39, 0.29) is 10.6 Å². The molecule has 1 N–H and O–H groups in total. The molecule has 106 valence electrons. The van der Waals surface area contributed by atoms with Crippen LogP contribution in [0.4, 0.5) is 11.4 Å². The molecular formula is C14H17N3O3. The Morgan fingerprint density at radius 1 is 1.35 bits per heavy atom. The van der Waals surface area contributed by atoms with Crippen LogP contribution >= 0.6 is 0 Å². The van der Waals surface area contributed by atoms with Crippen LogP contribution in [0.1, 0.15) is 12.8 Å². The van der Waals surface area contributed by atoms with E-state index in [1.165, 1.54) is 0 Å². The van der Waals surface area contributed by atoms with E-state index in [4.69, 9.17) is 4.74 Å². The smallest absolute Gasteiger partial charge is 0.301 e. The topological polar surface area (TPSA) is 77.3 Å². The summed E-state index contributed by atoms with van der Waals surface area (Å²) in [6, 6.07) is 6.93. The maximum Gasteiger partial charge on any atom is 0.301 e. The fourth-order valence-electron chi connectivity index (χ4n) is 2.07. The minimum absolute atomic E-state index is 0.0855. The van der Waals surface area contributed by atoms with Crippen LogP contribution in [-0.4, -0.2) is 30.2 Å². The van der Waals surface area contributed by atoms with Gasteiger partial charge in [0.2, 0.25) is 0 Å². The second-order valence-electron chi connectivity index (χ2n) is 4.42. The van der Waals surface area contributed by atoms with Crippen LogP contribution < -0.4 is 5.32 Å². The number of methoxy groups -OCH3 is 1. The highest BCUT2D eigenvalue weighted by atomic mass is 16.6. The van der Waals surface area contributed by atoms with Crippen molar-refractivity contribution in [1.82, 2.24) is 4.98 Å². The molecule has 1 heterocycles. The highest BCUT2D eigenvalue weighted by molar-refractivity contribution is 5.94. The summed E-state index contributed by atoms with van der Waals surface area (Å²) in [4.78, 5) is 15.1. The molecule has 6 nitrogen and oxygen atoms in total. The zero-order chi connectivity index (χ0) is 14.4. The van der Waals surface area contributed by atoms with Gasteiger partial charge >= 0.3 is 5.69 Å². The van der Waals surface area contributed by atoms with Crippen molar-refractivity contribution < 1.29 is 9.66 Å². The Bertz CT molecular complexity index is 601. The van der Waals surface area contributed by atoms with Crippen molar-refractivity contribution in [2.24, 2.45) is 0 Å². The molecule has 1 aromatic carbocycles. The molecule has 0 unspecified atom stereocenters. The third-order valence-electron chi connectivity index (χ3n) is 3.03. The van der Waals surface area contributed by atoms with Crippen LogP contribution in [0.5, 0.6) is 0 Å². The average Bonchev–Trinajstić information content (AvgIpc) is 2.46. The number of pyridine rings is 1. The van der Waals surface area contributed by atoms with Crippen LogP contribution in [0.25, 0.3) is 10.9 Å². The summed E-state index contributed by atoms with van der Waals surface area (Å²) in [6.45, 7) is 1.38. The van der Waals surface area contributed by atoms with Crippen molar-refractivity contribution in [3.63, 3.8) is 0 Å². The molecule has 0 bridgehead atoms. The second-order valence-corrected chi connectivity index (χ2v) is 4.42. The number of ether oxygens (including phenoxy) is 1. The molecule has 0 saturated carbocycles. The van der Waals surface area contributed by atoms with Crippen LogP contribution in [0.2, 0.25) is 0 Å². The van der Waals surface area contributed by atoms with Crippen molar-refractivity contribution in [3.05, 3.63) is 40.6 Å². The molecule has 0 aliphatic carbocycles. The zero-order valence-electron chi connectivity index (χ0n) is 11.3. The molecule has 2 aromatic rings. The van der Waals surface area contributed by atoms with Crippen molar-refractivity contribution in [1.29, 1.82) is 0 Å². The predicted molar refractivity (Wildman–Crippen MR) is 78.0 cm³/mol. The van der Waals surface area contributed by atoms with Gasteiger partial charge in [0.15, 0.2) is 0 Å². The Balaban J connectivity index is 2.20. The Morgan fingerprint density at radius 2 is 2.20 bits per heavy atom. The minimum Gasteiger partial charge on any atom is -0.385 e. The van der Waals surface area contributed by atoms with Crippen LogP contribution in [0.3, 0.4) is 0 Å². The van der Waals surface area contributed by atoms with Gasteiger partial charge < -0.3 is 10.1 Å². The average molecular weight is 275 g/mol. The number of nitrogens with zero attached hydrogens (tertiary/aromatic N) is 2. The van der Waals surface area contributed by atoms with E-state index < -0.39 is 0 Å². The Morgan fingerprint density at radius 3 is 2.95 bits per heavy atom. The predicted octanol–water partition coefficient (Wildman–Crippen LogP) is 2.98. The number of anilines is 1. The number of aromatic nitrogens is 1. The lowest BCUT2D eigenvalue weighted by Gasteiger charge is -2.08. The summed E-state index contributed by atoms with van der Waals surface area (Å²) >= 11 is 0. The molecule has 0 fully saturated rings. The quantitative estimate of drug-likeness (QED) is 0.477. The normalized spacial score (nSPS) is 10.7. The molecule has 0 aliphatic rings. The maximum atomic E-state index is 11.3. The Hall–Kier alpha value is -2.21. The second kappa shape index (κ2) is 6.81. The highest BCUT2D eigenvalue weighted by Crippen LogP contribution is 2.32. The van der Waals surface area contributed by atoms with Gasteiger partial charge in [-0.3, -0.25) is 15.1 Å². The van der Waals surface area contributed by atoms with Gasteiger partial charge in [0, 0.05) is 26.5 Å². The number of hydrogen-bond acceptors (Lipinski definition) is 5. The number of nitro groups is 1. The van der Waals surface area contributed by atoms with Gasteiger partial charge in [-0.2, -0.15) is 0 Å². The summed E-state index contributed by atoms with van der Waals surface area (Å²) in [5, 5.41) is 15.0. The lowest BCUT2D eigenvalue weighted by Crippen LogP contribution is -2.05. The Labute approximate surface area is 116 Å². The van der Waals surface area contributed by atoms with E-state index >= 15 is 0 Å². The third-order valence-corrected chi connectivity index (χ3v) is 3.03. The molecule has 0 atom stereocenters. The van der Waals surface area contributed by atoms with Gasteiger partial charge in [0.1, 0.15) is 5.69 Å². The van der Waals surface area contributed by atoms with Crippen LogP contribution in [0.15, 0.2) is 30.5 Å². The molecule has 1 aromatic heterocycles. The highest BCUT2D eigenvalue weighted by Gasteiger charge is 2.18. The molecule has 0 saturated heterocycles. The number of nitro benzene ring substituents is 1. The number of benzene rings is 1. The van der Waals surface area contributed by atoms with Gasteiger partial charge in [0.05, 0.1) is 15.8 Å². The number of rotatable bonds is 7. The summed E-state index contributed by atoms with van der Waals surface area (Å²) in [5.74, 6) is 0. The van der Waals surface area contributed by atoms with Crippen molar-refractivity contribution >= 4 is 22.3 Å². The van der Waals surface area contributed by atoms with Gasteiger partial charge in [-0.1, -0.05) is 0 Å². The molecular weight excluding hydrogens is 258 g/mol. The molecule has 0 spiro atoms. The van der Waals surface area contributed by atoms with E-state index in [0.717, 1.165) is 12.8 Å². The monoisotopic (exact) mass is 275 g/mol.